The van der Waals surface area contributed by atoms with E-state index >= 15 is 0 Å². The lowest BCUT2D eigenvalue weighted by Gasteiger charge is -2.35. The summed E-state index contributed by atoms with van der Waals surface area (Å²) in [4.78, 5) is 19.6. The number of carbonyl (C=O) groups excluding carboxylic acids is 1. The first kappa shape index (κ1) is 21.7. The van der Waals surface area contributed by atoms with Gasteiger partial charge < -0.3 is 9.42 Å². The number of rotatable bonds is 6. The highest BCUT2D eigenvalue weighted by atomic mass is 32.2. The average Bonchev–Trinajstić information content (AvgIpc) is 3.40. The minimum atomic E-state index is -3.62. The summed E-state index contributed by atoms with van der Waals surface area (Å²) in [5, 5.41) is 3.95. The van der Waals surface area contributed by atoms with Gasteiger partial charge >= 0.3 is 0 Å². The maximum absolute atomic E-state index is 13.3. The average molecular weight is 461 g/mol. The van der Waals surface area contributed by atoms with Gasteiger partial charge in [-0.25, -0.2) is 8.42 Å². The van der Waals surface area contributed by atoms with Crippen LogP contribution in [-0.4, -0.2) is 54.8 Å². The smallest absolute Gasteiger partial charge is 0.244 e. The van der Waals surface area contributed by atoms with E-state index < -0.39 is 10.0 Å². The molecule has 3 heterocycles. The molecule has 0 aliphatic carbocycles. The molecule has 31 heavy (non-hydrogen) atoms. The van der Waals surface area contributed by atoms with Crippen molar-refractivity contribution < 1.29 is 17.7 Å². The molecule has 0 bridgehead atoms. The van der Waals surface area contributed by atoms with Crippen LogP contribution < -0.4 is 4.90 Å². The van der Waals surface area contributed by atoms with Crippen molar-refractivity contribution in [1.29, 1.82) is 0 Å². The minimum Gasteiger partial charge on any atom is -0.369 e. The molecular weight excluding hydrogens is 436 g/mol. The number of aryl methyl sites for hydroxylation is 2. The van der Waals surface area contributed by atoms with Crippen molar-refractivity contribution in [2.75, 3.05) is 31.1 Å². The molecule has 0 spiro atoms. The van der Waals surface area contributed by atoms with E-state index in [9.17, 15) is 13.2 Å². The summed E-state index contributed by atoms with van der Waals surface area (Å²) < 4.78 is 33.3. The molecule has 164 valence electrons. The molecule has 1 aromatic carbocycles. The van der Waals surface area contributed by atoms with Crippen molar-refractivity contribution in [3.8, 4) is 10.7 Å². The van der Waals surface area contributed by atoms with Gasteiger partial charge in [-0.05, 0) is 44.2 Å². The number of thiophene rings is 1. The van der Waals surface area contributed by atoms with Crippen LogP contribution in [0.4, 0.5) is 5.69 Å². The monoisotopic (exact) mass is 460 g/mol. The molecule has 3 aromatic rings. The molecule has 10 heteroatoms. The number of hydrogen-bond donors (Lipinski definition) is 0. The number of anilines is 1. The van der Waals surface area contributed by atoms with E-state index in [2.05, 4.69) is 15.0 Å². The Morgan fingerprint density at radius 1 is 1.16 bits per heavy atom. The molecule has 0 amide bonds. The number of sulfonamides is 1. The first-order valence-electron chi connectivity index (χ1n) is 10.1. The third-order valence-corrected chi connectivity index (χ3v) is 8.56. The van der Waals surface area contributed by atoms with Gasteiger partial charge in [-0.2, -0.15) is 9.29 Å². The van der Waals surface area contributed by atoms with Crippen LogP contribution in [-0.2, 0) is 16.4 Å². The molecule has 1 fully saturated rings. The summed E-state index contributed by atoms with van der Waals surface area (Å²) in [6, 6.07) is 9.07. The van der Waals surface area contributed by atoms with E-state index in [1.807, 2.05) is 19.1 Å². The van der Waals surface area contributed by atoms with Crippen LogP contribution in [0.1, 0.15) is 35.0 Å². The Kier molecular flexibility index (Phi) is 5.96. The van der Waals surface area contributed by atoms with Crippen molar-refractivity contribution >= 4 is 32.8 Å². The molecule has 8 nitrogen and oxygen atoms in total. The lowest BCUT2D eigenvalue weighted by Crippen LogP contribution is -2.48. The highest BCUT2D eigenvalue weighted by molar-refractivity contribution is 7.89. The van der Waals surface area contributed by atoms with E-state index in [1.165, 1.54) is 22.6 Å². The van der Waals surface area contributed by atoms with Gasteiger partial charge in [0.1, 0.15) is 0 Å². The molecule has 0 saturated carbocycles. The molecule has 0 radical (unpaired) electrons. The number of ketones is 1. The van der Waals surface area contributed by atoms with Crippen molar-refractivity contribution in [1.82, 2.24) is 14.4 Å². The molecular formula is C21H24N4O4S2. The lowest BCUT2D eigenvalue weighted by atomic mass is 10.1. The van der Waals surface area contributed by atoms with Gasteiger partial charge in [-0.15, -0.1) is 11.3 Å². The Bertz CT molecular complexity index is 1190. The number of carbonyl (C=O) groups is 1. The number of nitrogens with zero attached hydrogens (tertiary/aromatic N) is 4. The van der Waals surface area contributed by atoms with Crippen molar-refractivity contribution in [3.63, 3.8) is 0 Å². The molecule has 1 aliphatic heterocycles. The summed E-state index contributed by atoms with van der Waals surface area (Å²) >= 11 is 1.35. The van der Waals surface area contributed by atoms with Gasteiger partial charge in [0.05, 0.1) is 9.77 Å². The predicted molar refractivity (Wildman–Crippen MR) is 119 cm³/mol. The second-order valence-electron chi connectivity index (χ2n) is 7.39. The number of Topliss-reactive ketones (excluding diaryl/α,β-unsaturated/α-hetero) is 1. The first-order valence-corrected chi connectivity index (χ1v) is 12.3. The van der Waals surface area contributed by atoms with Crippen LogP contribution in [0.3, 0.4) is 0 Å². The van der Waals surface area contributed by atoms with E-state index in [1.54, 1.807) is 25.1 Å². The normalized spacial score (nSPS) is 15.4. The quantitative estimate of drug-likeness (QED) is 0.520. The zero-order valence-corrected chi connectivity index (χ0v) is 19.3. The number of hydrogen-bond acceptors (Lipinski definition) is 8. The zero-order chi connectivity index (χ0) is 22.2. The Hall–Kier alpha value is -2.56. The van der Waals surface area contributed by atoms with Crippen LogP contribution >= 0.6 is 11.3 Å². The van der Waals surface area contributed by atoms with E-state index in [-0.39, 0.29) is 5.78 Å². The summed E-state index contributed by atoms with van der Waals surface area (Å²) in [6.45, 7) is 7.21. The van der Waals surface area contributed by atoms with Crippen molar-refractivity contribution in [3.05, 3.63) is 46.7 Å². The molecule has 2 aromatic heterocycles. The Morgan fingerprint density at radius 3 is 2.42 bits per heavy atom. The number of aromatic nitrogens is 2. The highest BCUT2D eigenvalue weighted by Gasteiger charge is 2.31. The van der Waals surface area contributed by atoms with Gasteiger partial charge in [-0.3, -0.25) is 4.79 Å². The van der Waals surface area contributed by atoms with E-state index in [0.717, 1.165) is 5.69 Å². The van der Waals surface area contributed by atoms with Crippen LogP contribution in [0, 0.1) is 6.92 Å². The van der Waals surface area contributed by atoms with Gasteiger partial charge in [0, 0.05) is 48.7 Å². The van der Waals surface area contributed by atoms with Crippen molar-refractivity contribution in [2.45, 2.75) is 32.1 Å². The van der Waals surface area contributed by atoms with Gasteiger partial charge in [0.2, 0.25) is 21.7 Å². The Morgan fingerprint density at radius 2 is 1.84 bits per heavy atom. The number of benzene rings is 1. The molecule has 4 rings (SSSR count). The third kappa shape index (κ3) is 4.28. The van der Waals surface area contributed by atoms with Crippen LogP contribution in [0.15, 0.2) is 39.8 Å². The van der Waals surface area contributed by atoms with Crippen LogP contribution in [0.2, 0.25) is 0 Å². The zero-order valence-electron chi connectivity index (χ0n) is 17.7. The van der Waals surface area contributed by atoms with Gasteiger partial charge in [-0.1, -0.05) is 12.1 Å². The maximum Gasteiger partial charge on any atom is 0.244 e. The maximum atomic E-state index is 13.3. The largest absolute Gasteiger partial charge is 0.369 e. The number of piperazine rings is 1. The SMILES string of the molecule is CCc1nc(-c2cc(S(=O)(=O)N3CCN(c4ccc(C(C)=O)cc4)CC3)c(C)s2)no1. The van der Waals surface area contributed by atoms with Gasteiger partial charge in [0.25, 0.3) is 0 Å². The predicted octanol–water partition coefficient (Wildman–Crippen LogP) is 3.38. The fraction of sp³-hybridized carbons (Fsp3) is 0.381. The Labute approximate surface area is 185 Å². The highest BCUT2D eigenvalue weighted by Crippen LogP contribution is 2.34. The standard InChI is InChI=1S/C21H24N4O4S2/c1-4-20-22-21(23-29-20)18-13-19(15(3)30-18)31(27,28)25-11-9-24(10-12-25)17-7-5-16(6-8-17)14(2)26/h5-8,13H,4,9-12H2,1-3H3. The minimum absolute atomic E-state index is 0.0275. The first-order chi connectivity index (χ1) is 14.8. The fourth-order valence-electron chi connectivity index (χ4n) is 3.56. The van der Waals surface area contributed by atoms with Gasteiger partial charge in [0.15, 0.2) is 5.78 Å². The molecule has 1 aliphatic rings. The summed E-state index contributed by atoms with van der Waals surface area (Å²) in [5.74, 6) is 0.975. The summed E-state index contributed by atoms with van der Waals surface area (Å²) in [7, 11) is -3.62. The molecule has 0 atom stereocenters. The van der Waals surface area contributed by atoms with Crippen LogP contribution in [0.5, 0.6) is 0 Å². The third-order valence-electron chi connectivity index (χ3n) is 5.36. The van der Waals surface area contributed by atoms with E-state index in [0.29, 0.717) is 64.5 Å². The summed E-state index contributed by atoms with van der Waals surface area (Å²) in [6.07, 6.45) is 0.629. The second kappa shape index (κ2) is 8.52. The fourth-order valence-corrected chi connectivity index (χ4v) is 6.47. The topological polar surface area (TPSA) is 96.6 Å². The van der Waals surface area contributed by atoms with Crippen LogP contribution in [0.25, 0.3) is 10.7 Å². The Balaban J connectivity index is 1.48. The lowest BCUT2D eigenvalue weighted by molar-refractivity contribution is 0.101. The second-order valence-corrected chi connectivity index (χ2v) is 10.6. The molecule has 1 saturated heterocycles. The summed E-state index contributed by atoms with van der Waals surface area (Å²) in [5.41, 5.74) is 1.65. The molecule has 0 unspecified atom stereocenters. The van der Waals surface area contributed by atoms with E-state index in [4.69, 9.17) is 4.52 Å². The molecule has 0 N–H and O–H groups in total. The van der Waals surface area contributed by atoms with Crippen molar-refractivity contribution in [2.24, 2.45) is 0 Å².